The van der Waals surface area contributed by atoms with Gasteiger partial charge in [-0.2, -0.15) is 0 Å². The number of halogens is 1. The van der Waals surface area contributed by atoms with Crippen LogP contribution in [0.3, 0.4) is 0 Å². The van der Waals surface area contributed by atoms with E-state index in [-0.39, 0.29) is 31.3 Å². The number of hydrogen-bond donors (Lipinski definition) is 1. The molecule has 0 fully saturated rings. The first-order valence-corrected chi connectivity index (χ1v) is 13.5. The van der Waals surface area contributed by atoms with Crippen molar-refractivity contribution in [3.8, 4) is 17.2 Å². The van der Waals surface area contributed by atoms with E-state index in [1.54, 1.807) is 44.4 Å². The molecule has 0 saturated carbocycles. The van der Waals surface area contributed by atoms with Crippen molar-refractivity contribution in [3.05, 3.63) is 124 Å². The Hall–Kier alpha value is -4.49. The molecule has 0 bridgehead atoms. The van der Waals surface area contributed by atoms with Crippen molar-refractivity contribution in [2.75, 3.05) is 21.3 Å². The molecular weight excluding hydrogens is 540 g/mol. The Labute approximate surface area is 245 Å². The summed E-state index contributed by atoms with van der Waals surface area (Å²) in [7, 11) is 4.71. The lowest BCUT2D eigenvalue weighted by molar-refractivity contribution is -0.141. The van der Waals surface area contributed by atoms with Crippen LogP contribution in [0.25, 0.3) is 0 Å². The molecule has 4 aromatic rings. The van der Waals surface area contributed by atoms with Crippen molar-refractivity contribution in [2.45, 2.75) is 25.6 Å². The molecular formula is C33H33ClN2O5. The molecule has 0 aromatic heterocycles. The molecule has 0 saturated heterocycles. The minimum Gasteiger partial charge on any atom is -0.497 e. The molecule has 0 aliphatic heterocycles. The van der Waals surface area contributed by atoms with Gasteiger partial charge in [0.1, 0.15) is 11.8 Å². The summed E-state index contributed by atoms with van der Waals surface area (Å²) in [6, 6.07) is 28.5. The first-order chi connectivity index (χ1) is 19.9. The van der Waals surface area contributed by atoms with Gasteiger partial charge in [0.2, 0.25) is 11.8 Å². The van der Waals surface area contributed by atoms with Crippen LogP contribution in [-0.2, 0) is 29.1 Å². The Morgan fingerprint density at radius 3 is 2.10 bits per heavy atom. The Morgan fingerprint density at radius 1 is 0.780 bits per heavy atom. The molecule has 1 unspecified atom stereocenters. The third-order valence-corrected chi connectivity index (χ3v) is 7.09. The fourth-order valence-electron chi connectivity index (χ4n) is 4.55. The smallest absolute Gasteiger partial charge is 0.247 e. The highest BCUT2D eigenvalue weighted by Gasteiger charge is 2.31. The van der Waals surface area contributed by atoms with E-state index in [1.165, 1.54) is 0 Å². The zero-order valence-electron chi connectivity index (χ0n) is 23.3. The number of benzene rings is 4. The van der Waals surface area contributed by atoms with Gasteiger partial charge in [-0.05, 0) is 52.6 Å². The van der Waals surface area contributed by atoms with Crippen LogP contribution in [-0.4, -0.2) is 38.0 Å². The standard InChI is InChI=1S/C33H33ClN2O5/c1-39-27-16-13-23(14-17-27)22-36(31(37)20-24-15-18-29(40-2)30(19-24)41-3)32(25-9-5-4-6-10-25)33(38)35-21-26-11-7-8-12-28(26)34/h4-19,32H,20-22H2,1-3H3,(H,35,38). The molecule has 0 aliphatic rings. The number of nitrogens with zero attached hydrogens (tertiary/aromatic N) is 1. The predicted molar refractivity (Wildman–Crippen MR) is 159 cm³/mol. The number of methoxy groups -OCH3 is 3. The van der Waals surface area contributed by atoms with Crippen molar-refractivity contribution in [1.29, 1.82) is 0 Å². The van der Waals surface area contributed by atoms with Crippen molar-refractivity contribution in [3.63, 3.8) is 0 Å². The van der Waals surface area contributed by atoms with Gasteiger partial charge >= 0.3 is 0 Å². The number of nitrogens with one attached hydrogen (secondary N) is 1. The summed E-state index contributed by atoms with van der Waals surface area (Å²) in [5, 5.41) is 3.56. The van der Waals surface area contributed by atoms with E-state index in [4.69, 9.17) is 25.8 Å². The molecule has 0 aliphatic carbocycles. The molecule has 4 aromatic carbocycles. The van der Waals surface area contributed by atoms with Gasteiger partial charge in [-0.1, -0.05) is 78.3 Å². The van der Waals surface area contributed by atoms with Gasteiger partial charge in [0.05, 0.1) is 27.8 Å². The van der Waals surface area contributed by atoms with Gasteiger partial charge in [-0.25, -0.2) is 0 Å². The van der Waals surface area contributed by atoms with Crippen molar-refractivity contribution in [1.82, 2.24) is 10.2 Å². The summed E-state index contributed by atoms with van der Waals surface area (Å²) in [5.41, 5.74) is 3.06. The zero-order valence-corrected chi connectivity index (χ0v) is 24.1. The highest BCUT2D eigenvalue weighted by molar-refractivity contribution is 6.31. The Kier molecular flexibility index (Phi) is 10.2. The second-order valence-electron chi connectivity index (χ2n) is 9.36. The lowest BCUT2D eigenvalue weighted by Gasteiger charge is -2.32. The van der Waals surface area contributed by atoms with E-state index < -0.39 is 6.04 Å². The summed E-state index contributed by atoms with van der Waals surface area (Å²) < 4.78 is 16.1. The van der Waals surface area contributed by atoms with Crippen LogP contribution in [0.15, 0.2) is 97.1 Å². The third-order valence-electron chi connectivity index (χ3n) is 6.72. The molecule has 2 amide bonds. The number of ether oxygens (including phenoxy) is 3. The summed E-state index contributed by atoms with van der Waals surface area (Å²) in [6.07, 6.45) is 0.0532. The lowest BCUT2D eigenvalue weighted by Crippen LogP contribution is -2.43. The minimum absolute atomic E-state index is 0.0532. The average molecular weight is 573 g/mol. The van der Waals surface area contributed by atoms with Crippen LogP contribution in [0, 0.1) is 0 Å². The van der Waals surface area contributed by atoms with E-state index >= 15 is 0 Å². The second-order valence-corrected chi connectivity index (χ2v) is 9.77. The molecule has 0 spiro atoms. The van der Waals surface area contributed by atoms with Gasteiger partial charge < -0.3 is 24.4 Å². The summed E-state index contributed by atoms with van der Waals surface area (Å²) in [5.74, 6) is 1.26. The number of carbonyl (C=O) groups is 2. The molecule has 0 heterocycles. The van der Waals surface area contributed by atoms with Gasteiger partial charge in [0.15, 0.2) is 11.5 Å². The van der Waals surface area contributed by atoms with Crippen molar-refractivity contribution in [2.24, 2.45) is 0 Å². The average Bonchev–Trinajstić information content (AvgIpc) is 3.01. The third kappa shape index (κ3) is 7.58. The summed E-state index contributed by atoms with van der Waals surface area (Å²) >= 11 is 6.34. The van der Waals surface area contributed by atoms with Gasteiger partial charge in [-0.3, -0.25) is 9.59 Å². The first-order valence-electron chi connectivity index (χ1n) is 13.1. The largest absolute Gasteiger partial charge is 0.497 e. The van der Waals surface area contributed by atoms with Crippen LogP contribution in [0.1, 0.15) is 28.3 Å². The maximum absolute atomic E-state index is 14.1. The normalized spacial score (nSPS) is 11.3. The van der Waals surface area contributed by atoms with Crippen molar-refractivity contribution >= 4 is 23.4 Å². The first kappa shape index (κ1) is 29.5. The van der Waals surface area contributed by atoms with Crippen LogP contribution < -0.4 is 19.5 Å². The Bertz CT molecular complexity index is 1460. The van der Waals surface area contributed by atoms with Crippen LogP contribution in [0.2, 0.25) is 5.02 Å². The topological polar surface area (TPSA) is 77.1 Å². The number of carbonyl (C=O) groups excluding carboxylic acids is 2. The fraction of sp³-hybridized carbons (Fsp3) is 0.212. The predicted octanol–water partition coefficient (Wildman–Crippen LogP) is 5.99. The quantitative estimate of drug-likeness (QED) is 0.225. The van der Waals surface area contributed by atoms with Crippen LogP contribution in [0.4, 0.5) is 0 Å². The number of rotatable bonds is 12. The van der Waals surface area contributed by atoms with E-state index in [2.05, 4.69) is 5.32 Å². The van der Waals surface area contributed by atoms with E-state index in [0.29, 0.717) is 27.8 Å². The van der Waals surface area contributed by atoms with Gasteiger partial charge in [0.25, 0.3) is 0 Å². The van der Waals surface area contributed by atoms with E-state index in [0.717, 1.165) is 16.7 Å². The molecule has 8 heteroatoms. The van der Waals surface area contributed by atoms with E-state index in [9.17, 15) is 9.59 Å². The maximum atomic E-state index is 14.1. The van der Waals surface area contributed by atoms with Crippen molar-refractivity contribution < 1.29 is 23.8 Å². The molecule has 41 heavy (non-hydrogen) atoms. The SMILES string of the molecule is COc1ccc(CN(C(=O)Cc2ccc(OC)c(OC)c2)C(C(=O)NCc2ccccc2Cl)c2ccccc2)cc1. The van der Waals surface area contributed by atoms with Crippen LogP contribution in [0.5, 0.6) is 17.2 Å². The van der Waals surface area contributed by atoms with Gasteiger partial charge in [0, 0.05) is 18.1 Å². The number of hydrogen-bond acceptors (Lipinski definition) is 5. The molecule has 212 valence electrons. The molecule has 7 nitrogen and oxygen atoms in total. The van der Waals surface area contributed by atoms with Gasteiger partial charge in [-0.15, -0.1) is 0 Å². The second kappa shape index (κ2) is 14.2. The summed E-state index contributed by atoms with van der Waals surface area (Å²) in [6.45, 7) is 0.428. The van der Waals surface area contributed by atoms with E-state index in [1.807, 2.05) is 78.9 Å². The van der Waals surface area contributed by atoms with Crippen LogP contribution >= 0.6 is 11.6 Å². The molecule has 0 radical (unpaired) electrons. The molecule has 4 rings (SSSR count). The lowest BCUT2D eigenvalue weighted by atomic mass is 10.0. The highest BCUT2D eigenvalue weighted by Crippen LogP contribution is 2.30. The molecule has 1 N–H and O–H groups in total. The summed E-state index contributed by atoms with van der Waals surface area (Å²) in [4.78, 5) is 29.6. The molecule has 1 atom stereocenters. The minimum atomic E-state index is -0.895. The monoisotopic (exact) mass is 572 g/mol. The highest BCUT2D eigenvalue weighted by atomic mass is 35.5. The Balaban J connectivity index is 1.70. The zero-order chi connectivity index (χ0) is 29.2. The number of amides is 2. The maximum Gasteiger partial charge on any atom is 0.247 e. The Morgan fingerprint density at radius 2 is 1.44 bits per heavy atom. The fourth-order valence-corrected chi connectivity index (χ4v) is 4.75.